The number of benzene rings is 1. The summed E-state index contributed by atoms with van der Waals surface area (Å²) in [5.74, 6) is 5.69. The zero-order chi connectivity index (χ0) is 7.56. The smallest absolute Gasteiger partial charge is 0.147 e. The quantitative estimate of drug-likeness (QED) is 0.569. The highest BCUT2D eigenvalue weighted by atomic mass is 16.6. The Hall–Kier alpha value is -1.22. The van der Waals surface area contributed by atoms with Gasteiger partial charge < -0.3 is 9.94 Å². The first-order valence-electron chi connectivity index (χ1n) is 2.90. The second-order valence-corrected chi connectivity index (χ2v) is 2.07. The number of phenols is 1. The molecule has 0 aromatic heterocycles. The number of aryl methyl sites for hydroxylation is 1. The third kappa shape index (κ3) is 1.19. The Bertz CT molecular complexity index is 235. The van der Waals surface area contributed by atoms with E-state index in [1.54, 1.807) is 19.1 Å². The van der Waals surface area contributed by atoms with E-state index >= 15 is 0 Å². The minimum Gasteiger partial charge on any atom is -0.508 e. The fourth-order valence-electron chi connectivity index (χ4n) is 0.701. The van der Waals surface area contributed by atoms with Gasteiger partial charge in [0.2, 0.25) is 0 Å². The number of hydrogen-bond donors (Lipinski definition) is 2. The molecule has 0 atom stereocenters. The third-order valence-corrected chi connectivity index (χ3v) is 1.30. The Labute approximate surface area is 59.0 Å². The standard InChI is InChI=1S/C7H9NO2/c1-5-4-6(10-8)2-3-7(5)9/h2-4,9H,8H2,1H3. The van der Waals surface area contributed by atoms with E-state index < -0.39 is 0 Å². The zero-order valence-electron chi connectivity index (χ0n) is 5.66. The predicted molar refractivity (Wildman–Crippen MR) is 37.7 cm³/mol. The molecule has 0 fully saturated rings. The van der Waals surface area contributed by atoms with Gasteiger partial charge in [0.25, 0.3) is 0 Å². The third-order valence-electron chi connectivity index (χ3n) is 1.30. The fraction of sp³-hybridized carbons (Fsp3) is 0.143. The topological polar surface area (TPSA) is 55.5 Å². The first-order chi connectivity index (χ1) is 4.74. The number of hydrogen-bond acceptors (Lipinski definition) is 3. The van der Waals surface area contributed by atoms with Crippen LogP contribution in [0.4, 0.5) is 0 Å². The van der Waals surface area contributed by atoms with Crippen molar-refractivity contribution in [2.24, 2.45) is 5.90 Å². The Balaban J connectivity index is 3.04. The molecule has 0 saturated heterocycles. The van der Waals surface area contributed by atoms with Crippen molar-refractivity contribution in [2.75, 3.05) is 0 Å². The van der Waals surface area contributed by atoms with Gasteiger partial charge >= 0.3 is 0 Å². The fourth-order valence-corrected chi connectivity index (χ4v) is 0.701. The molecule has 0 aliphatic heterocycles. The molecule has 0 bridgehead atoms. The van der Waals surface area contributed by atoms with Crippen LogP contribution in [0.3, 0.4) is 0 Å². The van der Waals surface area contributed by atoms with E-state index in [9.17, 15) is 0 Å². The molecular weight excluding hydrogens is 130 g/mol. The van der Waals surface area contributed by atoms with E-state index in [1.165, 1.54) is 6.07 Å². The molecule has 3 nitrogen and oxygen atoms in total. The summed E-state index contributed by atoms with van der Waals surface area (Å²) >= 11 is 0. The van der Waals surface area contributed by atoms with Gasteiger partial charge in [-0.15, -0.1) is 0 Å². The lowest BCUT2D eigenvalue weighted by Gasteiger charge is -2.00. The van der Waals surface area contributed by atoms with E-state index in [0.29, 0.717) is 5.75 Å². The molecule has 0 spiro atoms. The largest absolute Gasteiger partial charge is 0.508 e. The second-order valence-electron chi connectivity index (χ2n) is 2.07. The van der Waals surface area contributed by atoms with Crippen molar-refractivity contribution in [1.29, 1.82) is 0 Å². The van der Waals surface area contributed by atoms with Gasteiger partial charge in [0.05, 0.1) is 0 Å². The summed E-state index contributed by atoms with van der Waals surface area (Å²) in [7, 11) is 0. The van der Waals surface area contributed by atoms with Crippen molar-refractivity contribution in [3.8, 4) is 11.5 Å². The van der Waals surface area contributed by atoms with Gasteiger partial charge in [-0.1, -0.05) is 0 Å². The van der Waals surface area contributed by atoms with Gasteiger partial charge in [0, 0.05) is 0 Å². The van der Waals surface area contributed by atoms with Crippen molar-refractivity contribution in [2.45, 2.75) is 6.92 Å². The van der Waals surface area contributed by atoms with Crippen LogP contribution in [0.25, 0.3) is 0 Å². The molecular formula is C7H9NO2. The molecule has 3 heteroatoms. The molecule has 1 rings (SSSR count). The summed E-state index contributed by atoms with van der Waals surface area (Å²) in [6.45, 7) is 1.78. The monoisotopic (exact) mass is 139 g/mol. The highest BCUT2D eigenvalue weighted by Crippen LogP contribution is 2.20. The van der Waals surface area contributed by atoms with E-state index in [2.05, 4.69) is 4.84 Å². The normalized spacial score (nSPS) is 9.40. The van der Waals surface area contributed by atoms with Gasteiger partial charge in [-0.3, -0.25) is 0 Å². The molecule has 0 aliphatic rings. The van der Waals surface area contributed by atoms with Gasteiger partial charge in [0.1, 0.15) is 11.5 Å². The summed E-state index contributed by atoms with van der Waals surface area (Å²) in [5, 5.41) is 9.04. The molecule has 0 heterocycles. The molecule has 0 saturated carbocycles. The van der Waals surface area contributed by atoms with Gasteiger partial charge in [0.15, 0.2) is 0 Å². The molecule has 1 aromatic rings. The summed E-state index contributed by atoms with van der Waals surface area (Å²) in [4.78, 5) is 4.44. The molecule has 1 aromatic carbocycles. The van der Waals surface area contributed by atoms with E-state index in [-0.39, 0.29) is 5.75 Å². The lowest BCUT2D eigenvalue weighted by atomic mass is 10.2. The molecule has 10 heavy (non-hydrogen) atoms. The van der Waals surface area contributed by atoms with Crippen LogP contribution in [0, 0.1) is 6.92 Å². The van der Waals surface area contributed by atoms with E-state index in [4.69, 9.17) is 11.0 Å². The van der Waals surface area contributed by atoms with Crippen LogP contribution in [0.5, 0.6) is 11.5 Å². The molecule has 0 amide bonds. The molecule has 54 valence electrons. The van der Waals surface area contributed by atoms with Crippen molar-refractivity contribution in [1.82, 2.24) is 0 Å². The van der Waals surface area contributed by atoms with Crippen LogP contribution >= 0.6 is 0 Å². The van der Waals surface area contributed by atoms with E-state index in [1.807, 2.05) is 0 Å². The molecule has 0 unspecified atom stereocenters. The summed E-state index contributed by atoms with van der Waals surface area (Å²) < 4.78 is 0. The molecule has 0 radical (unpaired) electrons. The van der Waals surface area contributed by atoms with Gasteiger partial charge in [-0.2, -0.15) is 5.90 Å². The van der Waals surface area contributed by atoms with Crippen molar-refractivity contribution >= 4 is 0 Å². The minimum absolute atomic E-state index is 0.251. The Morgan fingerprint density at radius 1 is 1.50 bits per heavy atom. The van der Waals surface area contributed by atoms with Crippen LogP contribution in [0.2, 0.25) is 0 Å². The van der Waals surface area contributed by atoms with E-state index in [0.717, 1.165) is 5.56 Å². The van der Waals surface area contributed by atoms with Crippen LogP contribution in [-0.2, 0) is 0 Å². The summed E-state index contributed by atoms with van der Waals surface area (Å²) in [5.41, 5.74) is 0.753. The average molecular weight is 139 g/mol. The summed E-state index contributed by atoms with van der Waals surface area (Å²) in [6, 6.07) is 4.80. The SMILES string of the molecule is Cc1cc(ON)ccc1O. The van der Waals surface area contributed by atoms with Gasteiger partial charge in [-0.25, -0.2) is 0 Å². The Kier molecular flexibility index (Phi) is 1.78. The Morgan fingerprint density at radius 3 is 2.70 bits per heavy atom. The molecule has 3 N–H and O–H groups in total. The second kappa shape index (κ2) is 2.58. The lowest BCUT2D eigenvalue weighted by molar-refractivity contribution is 0.333. The van der Waals surface area contributed by atoms with Crippen molar-refractivity contribution in [3.05, 3.63) is 23.8 Å². The maximum absolute atomic E-state index is 9.04. The minimum atomic E-state index is 0.251. The number of nitrogens with two attached hydrogens (primary N) is 1. The zero-order valence-corrected chi connectivity index (χ0v) is 5.66. The van der Waals surface area contributed by atoms with Crippen LogP contribution in [0.1, 0.15) is 5.56 Å². The number of rotatable bonds is 1. The highest BCUT2D eigenvalue weighted by molar-refractivity contribution is 5.37. The van der Waals surface area contributed by atoms with Crippen molar-refractivity contribution in [3.63, 3.8) is 0 Å². The van der Waals surface area contributed by atoms with Crippen molar-refractivity contribution < 1.29 is 9.94 Å². The summed E-state index contributed by atoms with van der Waals surface area (Å²) in [6.07, 6.45) is 0. The number of aromatic hydroxyl groups is 1. The molecule has 0 aliphatic carbocycles. The lowest BCUT2D eigenvalue weighted by Crippen LogP contribution is -2.01. The first kappa shape index (κ1) is 6.89. The predicted octanol–water partition coefficient (Wildman–Crippen LogP) is 0.953. The Morgan fingerprint density at radius 2 is 2.20 bits per heavy atom. The van der Waals surface area contributed by atoms with Gasteiger partial charge in [-0.05, 0) is 30.7 Å². The van der Waals surface area contributed by atoms with Crippen LogP contribution in [0.15, 0.2) is 18.2 Å². The maximum atomic E-state index is 9.04. The van der Waals surface area contributed by atoms with Crippen LogP contribution < -0.4 is 10.7 Å². The highest BCUT2D eigenvalue weighted by Gasteiger charge is 1.96. The van der Waals surface area contributed by atoms with Crippen LogP contribution in [-0.4, -0.2) is 5.11 Å². The maximum Gasteiger partial charge on any atom is 0.147 e. The number of phenolic OH excluding ortho intramolecular Hbond substituents is 1. The average Bonchev–Trinajstić information content (AvgIpc) is 1.95. The first-order valence-corrected chi connectivity index (χ1v) is 2.90.